The molecule has 1 atom stereocenters. The largest absolute Gasteiger partial charge is 0.458 e. The van der Waals surface area contributed by atoms with Gasteiger partial charge in [-0.2, -0.15) is 0 Å². The van der Waals surface area contributed by atoms with Crippen molar-refractivity contribution in [3.8, 4) is 0 Å². The first-order valence-electron chi connectivity index (χ1n) is 33.8. The van der Waals surface area contributed by atoms with E-state index in [0.717, 1.165) is 30.4 Å². The van der Waals surface area contributed by atoms with E-state index in [1.807, 2.05) is 122 Å². The highest BCUT2D eigenvalue weighted by molar-refractivity contribution is 6.92. The molecule has 0 fully saturated rings. The fourth-order valence-electron chi connectivity index (χ4n) is 6.28. The predicted molar refractivity (Wildman–Crippen MR) is 427 cm³/mol. The van der Waals surface area contributed by atoms with Gasteiger partial charge in [0, 0.05) is 6.23 Å². The topological polar surface area (TPSA) is 64.6 Å². The summed E-state index contributed by atoms with van der Waals surface area (Å²) in [6.45, 7) is 121. The van der Waals surface area contributed by atoms with Gasteiger partial charge in [-0.25, -0.2) is 0 Å². The summed E-state index contributed by atoms with van der Waals surface area (Å²) in [5.41, 5.74) is 3.93. The minimum Gasteiger partial charge on any atom is -0.458 e. The molecule has 0 aliphatic carbocycles. The Morgan fingerprint density at radius 2 is 0.554 bits per heavy atom. The van der Waals surface area contributed by atoms with E-state index in [-0.39, 0.29) is 20.2 Å². The number of hydrogen-bond donors (Lipinski definition) is 0. The van der Waals surface area contributed by atoms with Crippen LogP contribution in [0.1, 0.15) is 194 Å². The highest BCUT2D eigenvalue weighted by Gasteiger charge is 2.52. The Labute approximate surface area is 545 Å². The molecule has 0 saturated carbocycles. The van der Waals surface area contributed by atoms with Gasteiger partial charge in [-0.15, -0.1) is 13.2 Å². The number of rotatable bonds is 23. The highest BCUT2D eigenvalue weighted by atomic mass is 28.5. The average Bonchev–Trinajstić information content (AvgIpc) is 3.32. The molecule has 0 heterocycles. The Bertz CT molecular complexity index is 1460. The van der Waals surface area contributed by atoms with Crippen molar-refractivity contribution in [2.45, 2.75) is 389 Å². The third kappa shape index (κ3) is 56.3. The van der Waals surface area contributed by atoms with Gasteiger partial charge in [-0.1, -0.05) is 218 Å². The lowest BCUT2D eigenvalue weighted by Gasteiger charge is -2.49. The van der Waals surface area contributed by atoms with Crippen molar-refractivity contribution in [2.75, 3.05) is 6.23 Å². The summed E-state index contributed by atoms with van der Waals surface area (Å²) in [7, 11) is -21.7. The molecule has 0 aromatic heterocycles. The van der Waals surface area contributed by atoms with Gasteiger partial charge in [0.25, 0.3) is 0 Å². The molecule has 7 nitrogen and oxygen atoms in total. The average molecular weight is 1390 g/mol. The molecule has 0 spiro atoms. The van der Waals surface area contributed by atoms with Crippen molar-refractivity contribution in [1.29, 1.82) is 0 Å². The van der Waals surface area contributed by atoms with Gasteiger partial charge in [0.2, 0.25) is 0 Å². The van der Waals surface area contributed by atoms with Crippen molar-refractivity contribution < 1.29 is 29.1 Å². The lowest BCUT2D eigenvalue weighted by Crippen LogP contribution is -2.59. The second-order valence-corrected chi connectivity index (χ2v) is 81.5. The van der Waals surface area contributed by atoms with Crippen LogP contribution in [0.4, 0.5) is 0 Å². The third-order valence-corrected chi connectivity index (χ3v) is 64.3. The Hall–Kier alpha value is 1.80. The Morgan fingerprint density at radius 3 is 0.735 bits per heavy atom. The second kappa shape index (κ2) is 48.5. The molecule has 0 amide bonds. The summed E-state index contributed by atoms with van der Waals surface area (Å²) in [5, 5.41) is 0.722. The van der Waals surface area contributed by atoms with Gasteiger partial charge in [0.15, 0.2) is 75.6 Å². The molecule has 0 bridgehead atoms. The van der Waals surface area contributed by atoms with Crippen LogP contribution in [0.5, 0.6) is 0 Å². The van der Waals surface area contributed by atoms with Gasteiger partial charge < -0.3 is 29.1 Å². The zero-order valence-corrected chi connectivity index (χ0v) is 80.2. The van der Waals surface area contributed by atoms with Crippen molar-refractivity contribution >= 4 is 101 Å². The molecular weight excluding hydrogens is 1220 g/mol. The van der Waals surface area contributed by atoms with Crippen molar-refractivity contribution in [3.05, 3.63) is 24.6 Å². The lowest BCUT2D eigenvalue weighted by molar-refractivity contribution is 0.270. The van der Waals surface area contributed by atoms with Gasteiger partial charge in [-0.05, 0) is 182 Å². The summed E-state index contributed by atoms with van der Waals surface area (Å²) in [6, 6.07) is 4.17. The van der Waals surface area contributed by atoms with Crippen LogP contribution < -0.4 is 0 Å². The van der Waals surface area contributed by atoms with Crippen LogP contribution in [0.2, 0.25) is 195 Å². The summed E-state index contributed by atoms with van der Waals surface area (Å²) in [4.78, 5) is 0. The van der Waals surface area contributed by atoms with Crippen LogP contribution in [0, 0.1) is 0 Å². The van der Waals surface area contributed by atoms with Crippen molar-refractivity contribution in [3.63, 3.8) is 0 Å². The zero-order chi connectivity index (χ0) is 71.0. The van der Waals surface area contributed by atoms with E-state index < -0.39 is 101 Å². The van der Waals surface area contributed by atoms with Crippen LogP contribution in [0.25, 0.3) is 0 Å². The summed E-state index contributed by atoms with van der Waals surface area (Å²) in [5.74, 6) is 0. The molecule has 0 aromatic rings. The first-order chi connectivity index (χ1) is 36.7. The van der Waals surface area contributed by atoms with E-state index in [2.05, 4.69) is 247 Å². The second-order valence-electron chi connectivity index (χ2n) is 29.9. The van der Waals surface area contributed by atoms with E-state index >= 15 is 0 Å². The van der Waals surface area contributed by atoms with Crippen LogP contribution in [0.15, 0.2) is 24.6 Å². The normalized spacial score (nSPS) is 13.4. The highest BCUT2D eigenvalue weighted by Crippen LogP contribution is 2.45. The standard InChI is InChI=1S/C35H88O5Si8.C8H18OSi2.C5H16OSi2.8C2H6/c1-32(2,3)41(13,14)31-36-47(25,38-44(19,20)33(4,5)6)29-27-42(15,16)37-43(17,18)28-30-48(26,39-45(21,22)34(7,8)9)40-46(23,24)35(10,11)12;1-7-10(3,4)9-11(5,6)8-2;1-7(2)6-8(3,4)5;8*1-2/h27-31H2,1-26H3;7-8H,1-2H2,3-6H3;7H,1-5H3;8*1-2H3. The molecule has 0 aliphatic heterocycles. The quantitative estimate of drug-likeness (QED) is 0.0945. The van der Waals surface area contributed by atoms with Gasteiger partial charge in [-0.3, -0.25) is 0 Å². The summed E-state index contributed by atoms with van der Waals surface area (Å²) in [6.07, 6.45) is 0.864. The van der Waals surface area contributed by atoms with Crippen LogP contribution >= 0.6 is 0 Å². The number of hydrogen-bond acceptors (Lipinski definition) is 7. The van der Waals surface area contributed by atoms with Gasteiger partial charge in [0.05, 0.1) is 8.07 Å². The molecule has 516 valence electrons. The van der Waals surface area contributed by atoms with E-state index in [9.17, 15) is 0 Å². The maximum Gasteiger partial charge on any atom is 0.324 e. The minimum absolute atomic E-state index is 0.145. The molecular formula is C64H170O7Si12. The van der Waals surface area contributed by atoms with Crippen LogP contribution in [-0.2, 0) is 29.1 Å². The molecule has 83 heavy (non-hydrogen) atoms. The van der Waals surface area contributed by atoms with Crippen molar-refractivity contribution in [1.82, 2.24) is 0 Å². The van der Waals surface area contributed by atoms with E-state index in [1.165, 1.54) is 0 Å². The Balaban J connectivity index is -0.000000134. The minimum atomic E-state index is -2.49. The fraction of sp³-hybridized carbons (Fsp3) is 0.938. The molecule has 0 aromatic carbocycles. The lowest BCUT2D eigenvalue weighted by atomic mass is 10.2. The monoisotopic (exact) mass is 1390 g/mol. The Kier molecular flexibility index (Phi) is 63.9. The predicted octanol–water partition coefficient (Wildman–Crippen LogP) is 26.6. The molecule has 0 aliphatic rings. The molecule has 0 radical (unpaired) electrons. The van der Waals surface area contributed by atoms with E-state index in [0.29, 0.717) is 0 Å². The molecule has 1 unspecified atom stereocenters. The molecule has 19 heteroatoms. The fourth-order valence-corrected chi connectivity index (χ4v) is 55.1. The molecule has 0 N–H and O–H groups in total. The van der Waals surface area contributed by atoms with E-state index in [1.54, 1.807) is 0 Å². The maximum atomic E-state index is 7.35. The third-order valence-electron chi connectivity index (χ3n) is 14.6. The summed E-state index contributed by atoms with van der Waals surface area (Å²) < 4.78 is 48.1. The summed E-state index contributed by atoms with van der Waals surface area (Å²) >= 11 is 0. The van der Waals surface area contributed by atoms with E-state index in [4.69, 9.17) is 29.1 Å². The Morgan fingerprint density at radius 1 is 0.325 bits per heavy atom. The molecule has 0 saturated heterocycles. The van der Waals surface area contributed by atoms with Gasteiger partial charge >= 0.3 is 17.1 Å². The SMILES string of the molecule is C=C[Si](C)(C)O[Si](C)(C)C=C.CC.CC.CC.CC.CC.CC.CC.CC.CC(C)(C)[Si](C)(C)CO[Si](C)(CC[Si](C)(C)O[Si](C)(C)CC[Si](C)(O[Si](C)(C)C(C)(C)C)O[Si](C)(C)C(C)(C)C)O[Si](C)(C)C(C)(C)C.C[SiH](C)O[Si](C)(C)C. The first kappa shape index (κ1) is 109. The first-order valence-corrected chi connectivity index (χ1v) is 69.2. The van der Waals surface area contributed by atoms with Crippen LogP contribution in [-0.4, -0.2) is 107 Å². The zero-order valence-electron chi connectivity index (χ0n) is 68.0. The molecule has 0 rings (SSSR count). The van der Waals surface area contributed by atoms with Gasteiger partial charge in [0.1, 0.15) is 0 Å². The maximum absolute atomic E-state index is 7.35. The van der Waals surface area contributed by atoms with Crippen molar-refractivity contribution in [2.24, 2.45) is 0 Å². The van der Waals surface area contributed by atoms with Crippen LogP contribution in [0.3, 0.4) is 0 Å². The smallest absolute Gasteiger partial charge is 0.324 e.